The van der Waals surface area contributed by atoms with Gasteiger partial charge in [0.25, 0.3) is 0 Å². The Morgan fingerprint density at radius 1 is 1.62 bits per heavy atom. The van der Waals surface area contributed by atoms with Gasteiger partial charge in [-0.05, 0) is 19.4 Å². The first-order valence-corrected chi connectivity index (χ1v) is 5.11. The molecular weight excluding hydrogens is 164 g/mol. The summed E-state index contributed by atoms with van der Waals surface area (Å²) in [4.78, 5) is 13.1. The Morgan fingerprint density at radius 2 is 2.31 bits per heavy atom. The average Bonchev–Trinajstić information content (AvgIpc) is 2.16. The molecule has 0 radical (unpaired) electrons. The maximum atomic E-state index is 11.2. The summed E-state index contributed by atoms with van der Waals surface area (Å²) in [5, 5.41) is 3.33. The number of carbonyl (C=O) groups is 1. The molecule has 0 bridgehead atoms. The van der Waals surface area contributed by atoms with Gasteiger partial charge in [0.2, 0.25) is 5.91 Å². The summed E-state index contributed by atoms with van der Waals surface area (Å²) < 4.78 is 0. The molecule has 3 heteroatoms. The number of hydrogen-bond acceptors (Lipinski definition) is 2. The second kappa shape index (κ2) is 4.61. The molecular formula is C10H20N2O. The van der Waals surface area contributed by atoms with Crippen LogP contribution >= 0.6 is 0 Å². The van der Waals surface area contributed by atoms with Crippen LogP contribution < -0.4 is 5.32 Å². The van der Waals surface area contributed by atoms with E-state index in [2.05, 4.69) is 12.2 Å². The number of carbonyl (C=O) groups excluding carboxylic acids is 1. The van der Waals surface area contributed by atoms with Crippen LogP contribution in [-0.2, 0) is 4.79 Å². The minimum atomic E-state index is 0.216. The molecule has 0 aromatic heterocycles. The number of nitrogens with one attached hydrogen (secondary N) is 1. The van der Waals surface area contributed by atoms with Crippen LogP contribution in [0.3, 0.4) is 0 Å². The molecule has 0 aromatic rings. The van der Waals surface area contributed by atoms with Gasteiger partial charge in [-0.15, -0.1) is 0 Å². The van der Waals surface area contributed by atoms with Gasteiger partial charge in [-0.3, -0.25) is 4.79 Å². The molecule has 13 heavy (non-hydrogen) atoms. The Bertz CT molecular complexity index is 182. The molecule has 76 valence electrons. The molecule has 1 heterocycles. The lowest BCUT2D eigenvalue weighted by Crippen LogP contribution is -2.49. The van der Waals surface area contributed by atoms with Crippen LogP contribution in [-0.4, -0.2) is 37.0 Å². The third-order valence-electron chi connectivity index (χ3n) is 3.07. The lowest BCUT2D eigenvalue weighted by Gasteiger charge is -2.37. The highest BCUT2D eigenvalue weighted by atomic mass is 16.2. The van der Waals surface area contributed by atoms with Gasteiger partial charge in [0.15, 0.2) is 0 Å². The number of nitrogens with zero attached hydrogens (tertiary/aromatic N) is 1. The van der Waals surface area contributed by atoms with Crippen molar-refractivity contribution >= 4 is 5.91 Å². The Kier molecular flexibility index (Phi) is 3.72. The minimum Gasteiger partial charge on any atom is -0.343 e. The maximum absolute atomic E-state index is 11.2. The van der Waals surface area contributed by atoms with Gasteiger partial charge in [-0.2, -0.15) is 0 Å². The van der Waals surface area contributed by atoms with Crippen LogP contribution in [0.15, 0.2) is 0 Å². The summed E-state index contributed by atoms with van der Waals surface area (Å²) in [6, 6.07) is 0.598. The second-order valence-electron chi connectivity index (χ2n) is 3.82. The van der Waals surface area contributed by atoms with Gasteiger partial charge in [0.05, 0.1) is 0 Å². The SMILES string of the molecule is CCC1CN(C(C)=O)CCC1NC. The molecule has 2 unspecified atom stereocenters. The van der Waals surface area contributed by atoms with Crippen molar-refractivity contribution in [3.63, 3.8) is 0 Å². The van der Waals surface area contributed by atoms with Gasteiger partial charge in [0, 0.05) is 26.1 Å². The molecule has 3 nitrogen and oxygen atoms in total. The monoisotopic (exact) mass is 184 g/mol. The molecule has 0 aliphatic carbocycles. The number of amides is 1. The van der Waals surface area contributed by atoms with E-state index >= 15 is 0 Å². The third kappa shape index (κ3) is 2.44. The first kappa shape index (κ1) is 10.5. The van der Waals surface area contributed by atoms with Crippen molar-refractivity contribution in [1.29, 1.82) is 0 Å². The fourth-order valence-corrected chi connectivity index (χ4v) is 2.11. The zero-order chi connectivity index (χ0) is 9.84. The van der Waals surface area contributed by atoms with E-state index in [1.165, 1.54) is 0 Å². The van der Waals surface area contributed by atoms with Gasteiger partial charge in [-0.25, -0.2) is 0 Å². The zero-order valence-electron chi connectivity index (χ0n) is 8.84. The first-order chi connectivity index (χ1) is 6.19. The highest BCUT2D eigenvalue weighted by Crippen LogP contribution is 2.19. The maximum Gasteiger partial charge on any atom is 0.219 e. The van der Waals surface area contributed by atoms with Crippen molar-refractivity contribution in [3.05, 3.63) is 0 Å². The van der Waals surface area contributed by atoms with Crippen LogP contribution in [0.2, 0.25) is 0 Å². The van der Waals surface area contributed by atoms with Crippen LogP contribution in [0.4, 0.5) is 0 Å². The summed E-state index contributed by atoms with van der Waals surface area (Å²) in [5.41, 5.74) is 0. The molecule has 1 N–H and O–H groups in total. The fraction of sp³-hybridized carbons (Fsp3) is 0.900. The van der Waals surface area contributed by atoms with E-state index in [1.807, 2.05) is 11.9 Å². The Morgan fingerprint density at radius 3 is 2.77 bits per heavy atom. The van der Waals surface area contributed by atoms with Crippen molar-refractivity contribution in [2.24, 2.45) is 5.92 Å². The van der Waals surface area contributed by atoms with Gasteiger partial charge < -0.3 is 10.2 Å². The number of piperidine rings is 1. The highest BCUT2D eigenvalue weighted by molar-refractivity contribution is 5.73. The molecule has 1 saturated heterocycles. The third-order valence-corrected chi connectivity index (χ3v) is 3.07. The van der Waals surface area contributed by atoms with E-state index in [0.29, 0.717) is 12.0 Å². The van der Waals surface area contributed by atoms with Crippen molar-refractivity contribution in [3.8, 4) is 0 Å². The molecule has 2 atom stereocenters. The van der Waals surface area contributed by atoms with Gasteiger partial charge >= 0.3 is 0 Å². The lowest BCUT2D eigenvalue weighted by molar-refractivity contribution is -0.131. The van der Waals surface area contributed by atoms with Crippen LogP contribution in [0.5, 0.6) is 0 Å². The molecule has 1 fully saturated rings. The van der Waals surface area contributed by atoms with Crippen LogP contribution in [0.1, 0.15) is 26.7 Å². The van der Waals surface area contributed by atoms with Gasteiger partial charge in [0.1, 0.15) is 0 Å². The summed E-state index contributed by atoms with van der Waals surface area (Å²) in [6.45, 7) is 5.69. The van der Waals surface area contributed by atoms with E-state index in [4.69, 9.17) is 0 Å². The Hall–Kier alpha value is -0.570. The number of likely N-dealkylation sites (tertiary alicyclic amines) is 1. The lowest BCUT2D eigenvalue weighted by atomic mass is 9.90. The van der Waals surface area contributed by atoms with E-state index in [1.54, 1.807) is 6.92 Å². The van der Waals surface area contributed by atoms with Crippen LogP contribution in [0.25, 0.3) is 0 Å². The predicted octanol–water partition coefficient (Wildman–Crippen LogP) is 0.853. The Labute approximate surface area is 80.5 Å². The summed E-state index contributed by atoms with van der Waals surface area (Å²) >= 11 is 0. The number of rotatable bonds is 2. The van der Waals surface area contributed by atoms with Crippen molar-refractivity contribution in [2.45, 2.75) is 32.7 Å². The molecule has 0 spiro atoms. The van der Waals surface area contributed by atoms with E-state index in [-0.39, 0.29) is 5.91 Å². The fourth-order valence-electron chi connectivity index (χ4n) is 2.11. The summed E-state index contributed by atoms with van der Waals surface area (Å²) in [7, 11) is 2.01. The highest BCUT2D eigenvalue weighted by Gasteiger charge is 2.27. The smallest absolute Gasteiger partial charge is 0.219 e. The van der Waals surface area contributed by atoms with E-state index in [0.717, 1.165) is 25.9 Å². The van der Waals surface area contributed by atoms with Crippen LogP contribution in [0, 0.1) is 5.92 Å². The second-order valence-corrected chi connectivity index (χ2v) is 3.82. The molecule has 0 saturated carbocycles. The summed E-state index contributed by atoms with van der Waals surface area (Å²) in [5.74, 6) is 0.843. The minimum absolute atomic E-state index is 0.216. The van der Waals surface area contributed by atoms with Crippen molar-refractivity contribution < 1.29 is 4.79 Å². The molecule has 1 aliphatic rings. The predicted molar refractivity (Wildman–Crippen MR) is 53.5 cm³/mol. The van der Waals surface area contributed by atoms with Crippen molar-refractivity contribution in [2.75, 3.05) is 20.1 Å². The standard InChI is InChI=1S/C10H20N2O/c1-4-9-7-12(8(2)13)6-5-10(9)11-3/h9-11H,4-7H2,1-3H3. The normalized spacial score (nSPS) is 29.0. The molecule has 1 aliphatic heterocycles. The first-order valence-electron chi connectivity index (χ1n) is 5.11. The largest absolute Gasteiger partial charge is 0.343 e. The summed E-state index contributed by atoms with van der Waals surface area (Å²) in [6.07, 6.45) is 2.24. The topological polar surface area (TPSA) is 32.3 Å². The Balaban J connectivity index is 2.52. The average molecular weight is 184 g/mol. The van der Waals surface area contributed by atoms with E-state index in [9.17, 15) is 4.79 Å². The van der Waals surface area contributed by atoms with Crippen molar-refractivity contribution in [1.82, 2.24) is 10.2 Å². The quantitative estimate of drug-likeness (QED) is 0.690. The molecule has 1 rings (SSSR count). The zero-order valence-corrected chi connectivity index (χ0v) is 8.84. The molecule has 0 aromatic carbocycles. The van der Waals surface area contributed by atoms with Gasteiger partial charge in [-0.1, -0.05) is 13.3 Å². The number of hydrogen-bond donors (Lipinski definition) is 1. The van der Waals surface area contributed by atoms with E-state index < -0.39 is 0 Å². The molecule has 1 amide bonds.